The highest BCUT2D eigenvalue weighted by atomic mass is 32.1. The maximum atomic E-state index is 5.19. The number of nitrogens with two attached hydrogens (primary N) is 2. The quantitative estimate of drug-likeness (QED) is 0.259. The van der Waals surface area contributed by atoms with Gasteiger partial charge in [0.05, 0.1) is 7.11 Å². The summed E-state index contributed by atoms with van der Waals surface area (Å²) in [5.41, 5.74) is 2.38. The van der Waals surface area contributed by atoms with E-state index in [4.69, 9.17) is 16.4 Å². The zero-order chi connectivity index (χ0) is 8.97. The fourth-order valence-corrected chi connectivity index (χ4v) is 1.61. The number of nitrogens with zero attached hydrogens (tertiary/aromatic N) is 1. The lowest BCUT2D eigenvalue weighted by molar-refractivity contribution is 0.416. The Hall–Kier alpha value is -1.27. The van der Waals surface area contributed by atoms with E-state index in [0.717, 1.165) is 4.88 Å². The number of nitrogens with one attached hydrogen (secondary N) is 1. The van der Waals surface area contributed by atoms with Gasteiger partial charge < -0.3 is 16.0 Å². The third-order valence-corrected chi connectivity index (χ3v) is 2.23. The van der Waals surface area contributed by atoms with Gasteiger partial charge in [0.1, 0.15) is 10.6 Å². The SMILES string of the molecule is COc1ccsc1/C(=N/N)NN. The van der Waals surface area contributed by atoms with E-state index in [1.807, 2.05) is 11.4 Å². The normalized spacial score (nSPS) is 11.3. The Morgan fingerprint density at radius 3 is 3.00 bits per heavy atom. The summed E-state index contributed by atoms with van der Waals surface area (Å²) in [6.07, 6.45) is 0. The lowest BCUT2D eigenvalue weighted by atomic mass is 10.4. The molecule has 5 nitrogen and oxygen atoms in total. The van der Waals surface area contributed by atoms with Gasteiger partial charge >= 0.3 is 0 Å². The van der Waals surface area contributed by atoms with Crippen LogP contribution < -0.4 is 21.8 Å². The molecule has 0 radical (unpaired) electrons. The van der Waals surface area contributed by atoms with Crippen molar-refractivity contribution in [1.29, 1.82) is 0 Å². The number of rotatable bonds is 2. The molecule has 0 aromatic carbocycles. The summed E-state index contributed by atoms with van der Waals surface area (Å²) >= 11 is 1.45. The summed E-state index contributed by atoms with van der Waals surface area (Å²) < 4.78 is 5.05. The first-order chi connectivity index (χ1) is 5.83. The van der Waals surface area contributed by atoms with Crippen LogP contribution in [-0.2, 0) is 0 Å². The van der Waals surface area contributed by atoms with E-state index in [1.165, 1.54) is 11.3 Å². The summed E-state index contributed by atoms with van der Waals surface area (Å²) in [4.78, 5) is 0.794. The van der Waals surface area contributed by atoms with Crippen LogP contribution in [-0.4, -0.2) is 12.9 Å². The Balaban J connectivity index is 3.00. The molecule has 6 heteroatoms. The third-order valence-electron chi connectivity index (χ3n) is 1.33. The first-order valence-corrected chi connectivity index (χ1v) is 4.07. The van der Waals surface area contributed by atoms with Gasteiger partial charge in [-0.1, -0.05) is 0 Å². The van der Waals surface area contributed by atoms with Crippen molar-refractivity contribution in [2.75, 3.05) is 7.11 Å². The second kappa shape index (κ2) is 3.93. The van der Waals surface area contributed by atoms with Gasteiger partial charge in [-0.25, -0.2) is 5.84 Å². The molecule has 5 N–H and O–H groups in total. The van der Waals surface area contributed by atoms with Crippen LogP contribution in [0.5, 0.6) is 5.75 Å². The van der Waals surface area contributed by atoms with E-state index in [-0.39, 0.29) is 0 Å². The first-order valence-electron chi connectivity index (χ1n) is 3.19. The number of methoxy groups -OCH3 is 1. The van der Waals surface area contributed by atoms with Crippen LogP contribution >= 0.6 is 11.3 Å². The van der Waals surface area contributed by atoms with Gasteiger partial charge in [-0.2, -0.15) is 5.10 Å². The summed E-state index contributed by atoms with van der Waals surface area (Å²) in [6, 6.07) is 1.82. The Morgan fingerprint density at radius 2 is 2.50 bits per heavy atom. The molecular weight excluding hydrogens is 176 g/mol. The molecule has 1 aromatic heterocycles. The van der Waals surface area contributed by atoms with Crippen molar-refractivity contribution in [3.8, 4) is 5.75 Å². The minimum atomic E-state index is 0.418. The average Bonchev–Trinajstić information content (AvgIpc) is 2.55. The Morgan fingerprint density at radius 1 is 1.75 bits per heavy atom. The fraction of sp³-hybridized carbons (Fsp3) is 0.167. The molecule has 0 fully saturated rings. The standard InChI is InChI=1S/C6H10N4OS/c1-11-4-2-3-12-5(4)6(9-7)10-8/h2-3H,7-8H2,1H3,(H,9,10). The summed E-state index contributed by atoms with van der Waals surface area (Å²) in [7, 11) is 1.58. The highest BCUT2D eigenvalue weighted by Gasteiger charge is 2.09. The number of hydrazine groups is 1. The second-order valence-electron chi connectivity index (χ2n) is 1.94. The molecule has 0 atom stereocenters. The lowest BCUT2D eigenvalue weighted by Gasteiger charge is -2.03. The minimum Gasteiger partial charge on any atom is -0.495 e. The predicted molar refractivity (Wildman–Crippen MR) is 48.9 cm³/mol. The molecule has 0 spiro atoms. The largest absolute Gasteiger partial charge is 0.495 e. The van der Waals surface area contributed by atoms with E-state index in [2.05, 4.69) is 10.5 Å². The van der Waals surface area contributed by atoms with Crippen LogP contribution in [0.1, 0.15) is 4.88 Å². The van der Waals surface area contributed by atoms with Gasteiger partial charge in [-0.05, 0) is 11.4 Å². The first kappa shape index (κ1) is 8.82. The molecule has 0 amide bonds. The van der Waals surface area contributed by atoms with E-state index in [1.54, 1.807) is 7.11 Å². The molecule has 0 aliphatic rings. The van der Waals surface area contributed by atoms with Gasteiger partial charge in [0.2, 0.25) is 0 Å². The van der Waals surface area contributed by atoms with Crippen LogP contribution in [0.3, 0.4) is 0 Å². The second-order valence-corrected chi connectivity index (χ2v) is 2.86. The van der Waals surface area contributed by atoms with Gasteiger partial charge in [-0.15, -0.1) is 11.3 Å². The van der Waals surface area contributed by atoms with E-state index < -0.39 is 0 Å². The number of hydrogen-bond donors (Lipinski definition) is 3. The van der Waals surface area contributed by atoms with Crippen molar-refractivity contribution in [3.05, 3.63) is 16.3 Å². The van der Waals surface area contributed by atoms with Gasteiger partial charge in [-0.3, -0.25) is 0 Å². The van der Waals surface area contributed by atoms with E-state index in [9.17, 15) is 0 Å². The average molecular weight is 186 g/mol. The number of ether oxygens (including phenoxy) is 1. The van der Waals surface area contributed by atoms with Crippen LogP contribution in [0.4, 0.5) is 0 Å². The molecule has 1 aromatic rings. The van der Waals surface area contributed by atoms with Crippen molar-refractivity contribution >= 4 is 17.2 Å². The summed E-state index contributed by atoms with van der Waals surface area (Å²) in [5, 5.41) is 5.34. The molecular formula is C6H10N4OS. The van der Waals surface area contributed by atoms with Crippen molar-refractivity contribution < 1.29 is 4.74 Å². The molecule has 1 rings (SSSR count). The van der Waals surface area contributed by atoms with Crippen molar-refractivity contribution in [3.63, 3.8) is 0 Å². The van der Waals surface area contributed by atoms with Crippen molar-refractivity contribution in [2.45, 2.75) is 0 Å². The summed E-state index contributed by atoms with van der Waals surface area (Å²) in [6.45, 7) is 0. The lowest BCUT2D eigenvalue weighted by Crippen LogP contribution is -2.31. The molecule has 0 saturated heterocycles. The summed E-state index contributed by atoms with van der Waals surface area (Å²) in [5.74, 6) is 11.4. The smallest absolute Gasteiger partial charge is 0.180 e. The maximum absolute atomic E-state index is 5.19. The number of hydrogen-bond acceptors (Lipinski definition) is 5. The van der Waals surface area contributed by atoms with Crippen molar-refractivity contribution in [1.82, 2.24) is 5.43 Å². The molecule has 0 unspecified atom stereocenters. The molecule has 0 saturated carbocycles. The molecule has 1 heterocycles. The van der Waals surface area contributed by atoms with Gasteiger partial charge in [0, 0.05) is 0 Å². The zero-order valence-electron chi connectivity index (χ0n) is 6.57. The van der Waals surface area contributed by atoms with Crippen LogP contribution in [0, 0.1) is 0 Å². The van der Waals surface area contributed by atoms with Gasteiger partial charge in [0.15, 0.2) is 5.84 Å². The number of hydrazone groups is 1. The Bertz CT molecular complexity index is 283. The zero-order valence-corrected chi connectivity index (χ0v) is 7.39. The fourth-order valence-electron chi connectivity index (χ4n) is 0.792. The highest BCUT2D eigenvalue weighted by Crippen LogP contribution is 2.23. The monoisotopic (exact) mass is 186 g/mol. The van der Waals surface area contributed by atoms with Crippen LogP contribution in [0.25, 0.3) is 0 Å². The highest BCUT2D eigenvalue weighted by molar-refractivity contribution is 7.12. The van der Waals surface area contributed by atoms with Crippen molar-refractivity contribution in [2.24, 2.45) is 16.8 Å². The Labute approximate surface area is 74.0 Å². The van der Waals surface area contributed by atoms with E-state index in [0.29, 0.717) is 11.6 Å². The van der Waals surface area contributed by atoms with E-state index >= 15 is 0 Å². The molecule has 0 bridgehead atoms. The maximum Gasteiger partial charge on any atom is 0.180 e. The molecule has 66 valence electrons. The Kier molecular flexibility index (Phi) is 2.89. The minimum absolute atomic E-state index is 0.418. The topological polar surface area (TPSA) is 85.7 Å². The number of thiophene rings is 1. The molecule has 0 aliphatic carbocycles. The number of amidine groups is 1. The predicted octanol–water partition coefficient (Wildman–Crippen LogP) is -0.160. The molecule has 12 heavy (non-hydrogen) atoms. The van der Waals surface area contributed by atoms with Crippen LogP contribution in [0.2, 0.25) is 0 Å². The van der Waals surface area contributed by atoms with Gasteiger partial charge in [0.25, 0.3) is 0 Å². The third kappa shape index (κ3) is 1.49. The van der Waals surface area contributed by atoms with Crippen LogP contribution in [0.15, 0.2) is 16.5 Å². The molecule has 0 aliphatic heterocycles.